The Kier molecular flexibility index (Phi) is 6.80. The van der Waals surface area contributed by atoms with Gasteiger partial charge >= 0.3 is 0 Å². The molecule has 1 aromatic carbocycles. The Hall–Kier alpha value is 0.618. The maximum absolute atomic E-state index is 6.41. The van der Waals surface area contributed by atoms with Crippen molar-refractivity contribution >= 4 is 66.8 Å². The summed E-state index contributed by atoms with van der Waals surface area (Å²) in [4.78, 5) is 0. The van der Waals surface area contributed by atoms with Gasteiger partial charge in [-0.2, -0.15) is 0 Å². The number of hydrogen-bond donors (Lipinski definition) is 0. The van der Waals surface area contributed by atoms with E-state index in [0.717, 1.165) is 31.5 Å². The smallest absolute Gasteiger partial charge is 0.165 e. The van der Waals surface area contributed by atoms with Gasteiger partial charge in [0.15, 0.2) is 30.1 Å². The molecule has 1 rings (SSSR count). The van der Waals surface area contributed by atoms with Crippen LogP contribution in [0.4, 0.5) is 0 Å². The summed E-state index contributed by atoms with van der Waals surface area (Å²) in [6.07, 6.45) is 0. The van der Waals surface area contributed by atoms with Crippen molar-refractivity contribution in [2.24, 2.45) is 0 Å². The third-order valence-electron chi connectivity index (χ3n) is 5.45. The lowest BCUT2D eigenvalue weighted by molar-refractivity contribution is 0.612. The van der Waals surface area contributed by atoms with Crippen LogP contribution in [0, 0.1) is 0 Å². The molecule has 0 saturated carbocycles. The lowest BCUT2D eigenvalue weighted by Crippen LogP contribution is -2.92. The average molecular weight is 421 g/mol. The monoisotopic (exact) mass is 420 g/mol. The van der Waals surface area contributed by atoms with Gasteiger partial charge in [-0.1, -0.05) is 35.5 Å². The van der Waals surface area contributed by atoms with Crippen molar-refractivity contribution in [3.63, 3.8) is 0 Å². The highest BCUT2D eigenvalue weighted by Gasteiger charge is 2.70. The summed E-state index contributed by atoms with van der Waals surface area (Å²) in [5, 5.41) is 1.53. The Labute approximate surface area is 148 Å². The van der Waals surface area contributed by atoms with Crippen LogP contribution in [0.25, 0.3) is 0 Å². The van der Waals surface area contributed by atoms with Crippen molar-refractivity contribution in [3.8, 4) is 0 Å². The lowest BCUT2D eigenvalue weighted by atomic mass is 10.4. The molecule has 0 heterocycles. The Balaban J connectivity index is 3.90. The Bertz CT molecular complexity index is 452. The first-order valence-corrected chi connectivity index (χ1v) is 23.9. The van der Waals surface area contributed by atoms with Crippen LogP contribution in [0.1, 0.15) is 0 Å². The quantitative estimate of drug-likeness (QED) is 0.534. The second-order valence-electron chi connectivity index (χ2n) is 7.26. The van der Waals surface area contributed by atoms with E-state index in [4.69, 9.17) is 12.3 Å². The molecule has 0 fully saturated rings. The molecule has 0 unspecified atom stereocenters. The fourth-order valence-corrected chi connectivity index (χ4v) is 99.9. The van der Waals surface area contributed by atoms with Gasteiger partial charge in [-0.25, -0.2) is 0 Å². The van der Waals surface area contributed by atoms with Gasteiger partial charge in [0.2, 0.25) is 0 Å². The zero-order valence-electron chi connectivity index (χ0n) is 15.6. The van der Waals surface area contributed by atoms with Crippen molar-refractivity contribution in [2.45, 2.75) is 39.3 Å². The molecule has 0 aliphatic heterocycles. The molecule has 0 aromatic heterocycles. The molecule has 0 atom stereocenters. The average Bonchev–Trinajstić information content (AvgIpc) is 2.48. The fraction of sp³-hybridized carbons (Fsp3) is 0.500. The summed E-state index contributed by atoms with van der Waals surface area (Å²) >= 11 is 0. The van der Waals surface area contributed by atoms with Crippen molar-refractivity contribution in [1.29, 1.82) is 0 Å². The molecule has 0 saturated heterocycles. The molecule has 0 radical (unpaired) electrons. The van der Waals surface area contributed by atoms with E-state index in [1.807, 2.05) is 0 Å². The SMILES string of the molecule is C[Si](C)(O[SiH3])[Si](c1ccccc1)([Si](C)(C)O[SiH3])[Si](C)(C)O[SiH3]. The summed E-state index contributed by atoms with van der Waals surface area (Å²) in [6, 6.07) is 11.2. The van der Waals surface area contributed by atoms with E-state index in [9.17, 15) is 0 Å². The van der Waals surface area contributed by atoms with Gasteiger partial charge in [0.1, 0.15) is 31.5 Å². The molecular formula is C12H32O3Si7. The first kappa shape index (κ1) is 20.7. The van der Waals surface area contributed by atoms with Crippen LogP contribution in [-0.4, -0.2) is 61.6 Å². The second kappa shape index (κ2) is 7.24. The third-order valence-corrected chi connectivity index (χ3v) is 81.2. The molecule has 0 aliphatic rings. The fourth-order valence-electron chi connectivity index (χ4n) is 4.37. The van der Waals surface area contributed by atoms with Crippen LogP contribution in [-0.2, 0) is 12.3 Å². The van der Waals surface area contributed by atoms with E-state index in [1.54, 1.807) is 0 Å². The van der Waals surface area contributed by atoms with Gasteiger partial charge in [-0.05, 0) is 39.3 Å². The zero-order valence-corrected chi connectivity index (χ0v) is 25.6. The Morgan fingerprint density at radius 1 is 0.636 bits per heavy atom. The minimum atomic E-state index is -2.00. The molecule has 126 valence electrons. The van der Waals surface area contributed by atoms with E-state index >= 15 is 0 Å². The highest BCUT2D eigenvalue weighted by molar-refractivity contribution is 7.91. The van der Waals surface area contributed by atoms with Crippen LogP contribution in [0.2, 0.25) is 39.3 Å². The maximum atomic E-state index is 6.41. The number of hydrogen-bond acceptors (Lipinski definition) is 3. The topological polar surface area (TPSA) is 27.7 Å². The Morgan fingerprint density at radius 2 is 0.955 bits per heavy atom. The third kappa shape index (κ3) is 3.10. The normalized spacial score (nSPS) is 16.8. The number of rotatable bonds is 7. The van der Waals surface area contributed by atoms with E-state index in [0.29, 0.717) is 0 Å². The highest BCUT2D eigenvalue weighted by Crippen LogP contribution is 2.37. The molecule has 0 aliphatic carbocycles. The minimum Gasteiger partial charge on any atom is -0.465 e. The summed E-state index contributed by atoms with van der Waals surface area (Å²) < 4.78 is 19.2. The summed E-state index contributed by atoms with van der Waals surface area (Å²) in [7, 11) is -3.26. The van der Waals surface area contributed by atoms with Crippen LogP contribution in [0.15, 0.2) is 30.3 Å². The van der Waals surface area contributed by atoms with Crippen molar-refractivity contribution in [2.75, 3.05) is 0 Å². The molecule has 0 spiro atoms. The molecule has 0 N–H and O–H groups in total. The van der Waals surface area contributed by atoms with Crippen LogP contribution >= 0.6 is 0 Å². The number of benzene rings is 1. The summed E-state index contributed by atoms with van der Waals surface area (Å²) in [6.45, 7) is 12.6. The molecule has 22 heavy (non-hydrogen) atoms. The zero-order chi connectivity index (χ0) is 17.2. The van der Waals surface area contributed by atoms with Gasteiger partial charge in [-0.3, -0.25) is 0 Å². The first-order chi connectivity index (χ1) is 10.0. The molecule has 1 aromatic rings. The van der Waals surface area contributed by atoms with Crippen LogP contribution in [0.3, 0.4) is 0 Å². The van der Waals surface area contributed by atoms with Crippen molar-refractivity contribution in [1.82, 2.24) is 0 Å². The van der Waals surface area contributed by atoms with E-state index < -0.39 is 30.1 Å². The minimum absolute atomic E-state index is 0.804. The predicted molar refractivity (Wildman–Crippen MR) is 117 cm³/mol. The highest BCUT2D eigenvalue weighted by atomic mass is 29.9. The van der Waals surface area contributed by atoms with Gasteiger partial charge in [0.05, 0.1) is 0 Å². The van der Waals surface area contributed by atoms with E-state index in [2.05, 4.69) is 69.6 Å². The summed E-state index contributed by atoms with van der Waals surface area (Å²) in [5.41, 5.74) is 0. The van der Waals surface area contributed by atoms with E-state index in [1.165, 1.54) is 5.19 Å². The molecular weight excluding hydrogens is 389 g/mol. The van der Waals surface area contributed by atoms with E-state index in [-0.39, 0.29) is 0 Å². The largest absolute Gasteiger partial charge is 0.465 e. The second-order valence-corrected chi connectivity index (χ2v) is 45.4. The molecule has 3 nitrogen and oxygen atoms in total. The van der Waals surface area contributed by atoms with Crippen LogP contribution in [0.5, 0.6) is 0 Å². The van der Waals surface area contributed by atoms with Gasteiger partial charge in [-0.15, -0.1) is 0 Å². The van der Waals surface area contributed by atoms with Gasteiger partial charge < -0.3 is 12.3 Å². The van der Waals surface area contributed by atoms with Crippen molar-refractivity contribution < 1.29 is 12.3 Å². The standard InChI is InChI=1S/C12H32O3Si7/c1-19(2,13-16)22(20(3,4)14-17,21(5,6)15-18)12-10-8-7-9-11-12/h7-11H,1-6,16-18H3. The van der Waals surface area contributed by atoms with Crippen molar-refractivity contribution in [3.05, 3.63) is 30.3 Å². The lowest BCUT2D eigenvalue weighted by Gasteiger charge is -2.57. The Morgan fingerprint density at radius 3 is 1.23 bits per heavy atom. The molecule has 0 amide bonds. The summed E-state index contributed by atoms with van der Waals surface area (Å²) in [5.74, 6) is 0. The molecule has 10 heteroatoms. The first-order valence-electron chi connectivity index (χ1n) is 7.75. The van der Waals surface area contributed by atoms with Crippen LogP contribution < -0.4 is 5.19 Å². The van der Waals surface area contributed by atoms with Gasteiger partial charge in [0.25, 0.3) is 0 Å². The van der Waals surface area contributed by atoms with Gasteiger partial charge in [0, 0.05) is 0 Å². The predicted octanol–water partition coefficient (Wildman–Crippen LogP) is -0.916. The maximum Gasteiger partial charge on any atom is 0.165 e. The molecule has 0 bridgehead atoms.